The summed E-state index contributed by atoms with van der Waals surface area (Å²) in [5, 5.41) is 12.0. The van der Waals surface area contributed by atoms with E-state index in [4.69, 9.17) is 4.42 Å². The summed E-state index contributed by atoms with van der Waals surface area (Å²) in [4.78, 5) is 27.6. The summed E-state index contributed by atoms with van der Waals surface area (Å²) in [6.45, 7) is 2.36. The van der Waals surface area contributed by atoms with Gasteiger partial charge in [0.15, 0.2) is 11.5 Å². The van der Waals surface area contributed by atoms with Gasteiger partial charge in [-0.05, 0) is 31.4 Å². The van der Waals surface area contributed by atoms with E-state index in [1.165, 1.54) is 0 Å². The van der Waals surface area contributed by atoms with Crippen molar-refractivity contribution in [2.75, 3.05) is 6.54 Å². The normalized spacial score (nSPS) is 16.0. The molecule has 0 atom stereocenters. The maximum Gasteiger partial charge on any atom is 0.310 e. The molecule has 1 fully saturated rings. The van der Waals surface area contributed by atoms with Gasteiger partial charge in [0.2, 0.25) is 5.91 Å². The van der Waals surface area contributed by atoms with Crippen LogP contribution in [0, 0.1) is 12.3 Å². The number of aliphatic carboxylic acids is 1. The average molecular weight is 316 g/mol. The van der Waals surface area contributed by atoms with Crippen molar-refractivity contribution in [3.05, 3.63) is 29.7 Å². The third kappa shape index (κ3) is 3.06. The van der Waals surface area contributed by atoms with Gasteiger partial charge in [0.05, 0.1) is 5.41 Å². The minimum atomic E-state index is -0.867. The molecule has 1 saturated carbocycles. The van der Waals surface area contributed by atoms with Crippen LogP contribution >= 0.6 is 0 Å². The lowest BCUT2D eigenvalue weighted by molar-refractivity contribution is -0.157. The predicted octanol–water partition coefficient (Wildman–Crippen LogP) is 2.44. The van der Waals surface area contributed by atoms with Crippen molar-refractivity contribution in [3.8, 4) is 0 Å². The number of fused-ring (bicyclic) bond motifs is 1. The third-order valence-corrected chi connectivity index (χ3v) is 4.59. The molecule has 1 aromatic heterocycles. The largest absolute Gasteiger partial charge is 0.481 e. The molecule has 1 heterocycles. The Morgan fingerprint density at radius 1 is 1.39 bits per heavy atom. The molecule has 2 N–H and O–H groups in total. The number of carbonyl (C=O) groups excluding carboxylic acids is 1. The number of hydrogen-bond acceptors (Lipinski definition) is 4. The summed E-state index contributed by atoms with van der Waals surface area (Å²) >= 11 is 0. The van der Waals surface area contributed by atoms with Crippen LogP contribution in [0.15, 0.2) is 22.6 Å². The minimum Gasteiger partial charge on any atom is -0.481 e. The number of rotatable bonds is 6. The fraction of sp³-hybridized carbons (Fsp3) is 0.471. The Hall–Kier alpha value is -2.37. The maximum atomic E-state index is 11.9. The highest BCUT2D eigenvalue weighted by Crippen LogP contribution is 2.44. The van der Waals surface area contributed by atoms with Gasteiger partial charge in [0.1, 0.15) is 5.52 Å². The van der Waals surface area contributed by atoms with Crippen molar-refractivity contribution < 1.29 is 19.1 Å². The second kappa shape index (κ2) is 6.02. The van der Waals surface area contributed by atoms with Gasteiger partial charge in [-0.1, -0.05) is 18.6 Å². The quantitative estimate of drug-likeness (QED) is 0.854. The van der Waals surface area contributed by atoms with Crippen LogP contribution in [0.2, 0.25) is 0 Å². The van der Waals surface area contributed by atoms with Crippen molar-refractivity contribution in [1.82, 2.24) is 10.3 Å². The number of carboxylic acids is 1. The topological polar surface area (TPSA) is 92.4 Å². The fourth-order valence-corrected chi connectivity index (χ4v) is 2.99. The second-order valence-electron chi connectivity index (χ2n) is 6.25. The van der Waals surface area contributed by atoms with Gasteiger partial charge in [-0.25, -0.2) is 4.98 Å². The summed E-state index contributed by atoms with van der Waals surface area (Å²) in [7, 11) is 0. The Bertz CT molecular complexity index is 746. The zero-order chi connectivity index (χ0) is 16.4. The standard InChI is InChI=1S/C17H20N2O4/c1-11-4-2-5-12-15(11)19-14(23-12)6-9-18-13(20)10-17(16(21)22)7-3-8-17/h2,4-5H,3,6-10H2,1H3,(H,18,20)(H,21,22). The molecule has 6 nitrogen and oxygen atoms in total. The first-order valence-corrected chi connectivity index (χ1v) is 7.85. The number of amides is 1. The molecule has 23 heavy (non-hydrogen) atoms. The first-order chi connectivity index (χ1) is 11.0. The van der Waals surface area contributed by atoms with Gasteiger partial charge >= 0.3 is 5.97 Å². The van der Waals surface area contributed by atoms with Crippen molar-refractivity contribution in [3.63, 3.8) is 0 Å². The highest BCUT2D eigenvalue weighted by Gasteiger charge is 2.45. The third-order valence-electron chi connectivity index (χ3n) is 4.59. The van der Waals surface area contributed by atoms with Crippen LogP contribution in [0.25, 0.3) is 11.1 Å². The SMILES string of the molecule is Cc1cccc2oc(CCNC(=O)CC3(C(=O)O)CCC3)nc12. The number of carboxylic acid groups (broad SMARTS) is 1. The first kappa shape index (κ1) is 15.5. The zero-order valence-corrected chi connectivity index (χ0v) is 13.1. The molecule has 1 aliphatic rings. The molecule has 6 heteroatoms. The minimum absolute atomic E-state index is 0.0506. The Labute approximate surface area is 133 Å². The Morgan fingerprint density at radius 2 is 2.17 bits per heavy atom. The van der Waals surface area contributed by atoms with E-state index in [0.717, 1.165) is 23.1 Å². The lowest BCUT2D eigenvalue weighted by Gasteiger charge is -2.36. The molecule has 0 bridgehead atoms. The molecule has 1 aliphatic carbocycles. The van der Waals surface area contributed by atoms with E-state index in [9.17, 15) is 14.7 Å². The lowest BCUT2D eigenvalue weighted by Crippen LogP contribution is -2.42. The Balaban J connectivity index is 1.53. The summed E-state index contributed by atoms with van der Waals surface area (Å²) in [5.41, 5.74) is 1.78. The van der Waals surface area contributed by atoms with Crippen LogP contribution in [-0.2, 0) is 16.0 Å². The Kier molecular flexibility index (Phi) is 4.07. The molecular weight excluding hydrogens is 296 g/mol. The molecular formula is C17H20N2O4. The number of aryl methyl sites for hydroxylation is 1. The maximum absolute atomic E-state index is 11.9. The van der Waals surface area contributed by atoms with E-state index >= 15 is 0 Å². The summed E-state index contributed by atoms with van der Waals surface area (Å²) in [6, 6.07) is 5.75. The van der Waals surface area contributed by atoms with Crippen LogP contribution in [0.5, 0.6) is 0 Å². The zero-order valence-electron chi connectivity index (χ0n) is 13.1. The van der Waals surface area contributed by atoms with Crippen LogP contribution in [-0.4, -0.2) is 28.5 Å². The van der Waals surface area contributed by atoms with Crippen molar-refractivity contribution in [2.45, 2.75) is 39.0 Å². The molecule has 1 amide bonds. The number of nitrogens with one attached hydrogen (secondary N) is 1. The molecule has 0 saturated heterocycles. The van der Waals surface area contributed by atoms with Crippen molar-refractivity contribution >= 4 is 23.0 Å². The summed E-state index contributed by atoms with van der Waals surface area (Å²) < 4.78 is 5.65. The number of hydrogen-bond donors (Lipinski definition) is 2. The average Bonchev–Trinajstić information content (AvgIpc) is 2.87. The monoisotopic (exact) mass is 316 g/mol. The fourth-order valence-electron chi connectivity index (χ4n) is 2.99. The van der Waals surface area contributed by atoms with E-state index in [0.29, 0.717) is 31.7 Å². The molecule has 1 aromatic carbocycles. The van der Waals surface area contributed by atoms with Crippen LogP contribution in [0.3, 0.4) is 0 Å². The molecule has 0 aliphatic heterocycles. The number of benzene rings is 1. The summed E-state index contributed by atoms with van der Waals surface area (Å²) in [6.07, 6.45) is 2.58. The molecule has 2 aromatic rings. The number of aromatic nitrogens is 1. The van der Waals surface area contributed by atoms with Crippen LogP contribution in [0.4, 0.5) is 0 Å². The van der Waals surface area contributed by atoms with E-state index < -0.39 is 11.4 Å². The highest BCUT2D eigenvalue weighted by molar-refractivity contribution is 5.85. The molecule has 3 rings (SSSR count). The number of oxazole rings is 1. The lowest BCUT2D eigenvalue weighted by atomic mass is 9.66. The smallest absolute Gasteiger partial charge is 0.310 e. The molecule has 0 unspecified atom stereocenters. The van der Waals surface area contributed by atoms with E-state index in [1.807, 2.05) is 25.1 Å². The van der Waals surface area contributed by atoms with Gasteiger partial charge in [0, 0.05) is 19.4 Å². The summed E-state index contributed by atoms with van der Waals surface area (Å²) in [5.74, 6) is -0.515. The predicted molar refractivity (Wildman–Crippen MR) is 84.0 cm³/mol. The van der Waals surface area contributed by atoms with Gasteiger partial charge < -0.3 is 14.8 Å². The van der Waals surface area contributed by atoms with E-state index in [1.54, 1.807) is 0 Å². The van der Waals surface area contributed by atoms with Crippen LogP contribution < -0.4 is 5.32 Å². The van der Waals surface area contributed by atoms with Crippen molar-refractivity contribution in [2.24, 2.45) is 5.41 Å². The van der Waals surface area contributed by atoms with Gasteiger partial charge in [0.25, 0.3) is 0 Å². The van der Waals surface area contributed by atoms with Gasteiger partial charge in [-0.15, -0.1) is 0 Å². The highest BCUT2D eigenvalue weighted by atomic mass is 16.4. The molecule has 122 valence electrons. The molecule has 0 spiro atoms. The number of para-hydroxylation sites is 1. The molecule has 0 radical (unpaired) electrons. The first-order valence-electron chi connectivity index (χ1n) is 7.85. The van der Waals surface area contributed by atoms with Crippen LogP contribution in [0.1, 0.15) is 37.1 Å². The van der Waals surface area contributed by atoms with E-state index in [2.05, 4.69) is 10.3 Å². The number of nitrogens with zero attached hydrogens (tertiary/aromatic N) is 1. The van der Waals surface area contributed by atoms with Gasteiger partial charge in [-0.3, -0.25) is 9.59 Å². The second-order valence-corrected chi connectivity index (χ2v) is 6.25. The van der Waals surface area contributed by atoms with Gasteiger partial charge in [-0.2, -0.15) is 0 Å². The van der Waals surface area contributed by atoms with Crippen molar-refractivity contribution in [1.29, 1.82) is 0 Å². The Morgan fingerprint density at radius 3 is 2.78 bits per heavy atom. The van der Waals surface area contributed by atoms with E-state index in [-0.39, 0.29) is 12.3 Å². The number of carbonyl (C=O) groups is 2.